The summed E-state index contributed by atoms with van der Waals surface area (Å²) in [4.78, 5) is 4.34. The fourth-order valence-corrected chi connectivity index (χ4v) is 3.92. The van der Waals surface area contributed by atoms with Gasteiger partial charge in [0, 0.05) is 22.7 Å². The van der Waals surface area contributed by atoms with Crippen molar-refractivity contribution in [2.75, 3.05) is 0 Å². The molecule has 2 heterocycles. The van der Waals surface area contributed by atoms with E-state index in [9.17, 15) is 0 Å². The van der Waals surface area contributed by atoms with Crippen LogP contribution in [0.1, 0.15) is 18.6 Å². The Kier molecular flexibility index (Phi) is 5.66. The van der Waals surface area contributed by atoms with Crippen molar-refractivity contribution in [3.05, 3.63) is 70.3 Å². The van der Waals surface area contributed by atoms with Crippen LogP contribution in [0.2, 0.25) is 10.0 Å². The van der Waals surface area contributed by atoms with Gasteiger partial charge in [-0.25, -0.2) is 0 Å². The van der Waals surface area contributed by atoms with E-state index in [1.54, 1.807) is 12.1 Å². The van der Waals surface area contributed by atoms with Crippen molar-refractivity contribution in [2.45, 2.75) is 24.3 Å². The molecule has 28 heavy (non-hydrogen) atoms. The van der Waals surface area contributed by atoms with Gasteiger partial charge in [-0.2, -0.15) is 4.98 Å². The minimum atomic E-state index is 0.492. The topological polar surface area (TPSA) is 69.6 Å². The van der Waals surface area contributed by atoms with Crippen LogP contribution < -0.4 is 0 Å². The van der Waals surface area contributed by atoms with Crippen LogP contribution in [-0.2, 0) is 12.2 Å². The maximum Gasteiger partial charge on any atom is 0.237 e. The number of benzene rings is 2. The first-order valence-corrected chi connectivity index (χ1v) is 10.3. The van der Waals surface area contributed by atoms with Crippen LogP contribution >= 0.6 is 35.0 Å². The quantitative estimate of drug-likeness (QED) is 0.376. The van der Waals surface area contributed by atoms with Gasteiger partial charge in [0.15, 0.2) is 16.8 Å². The Balaban J connectivity index is 1.73. The zero-order valence-corrected chi connectivity index (χ0v) is 17.2. The molecule has 0 saturated carbocycles. The molecule has 0 unspecified atom stereocenters. The summed E-state index contributed by atoms with van der Waals surface area (Å²) < 4.78 is 7.23. The summed E-state index contributed by atoms with van der Waals surface area (Å²) in [5.74, 6) is 2.37. The van der Waals surface area contributed by atoms with Crippen molar-refractivity contribution in [1.82, 2.24) is 24.9 Å². The van der Waals surface area contributed by atoms with E-state index in [1.807, 2.05) is 47.9 Å². The van der Waals surface area contributed by atoms with Crippen LogP contribution in [0, 0.1) is 0 Å². The molecular formula is C19H15Cl2N5OS. The van der Waals surface area contributed by atoms with E-state index in [1.165, 1.54) is 11.8 Å². The summed E-state index contributed by atoms with van der Waals surface area (Å²) in [7, 11) is 0. The molecule has 2 aromatic carbocycles. The van der Waals surface area contributed by atoms with Crippen LogP contribution in [0.3, 0.4) is 0 Å². The van der Waals surface area contributed by atoms with Crippen LogP contribution in [0.5, 0.6) is 0 Å². The lowest BCUT2D eigenvalue weighted by Crippen LogP contribution is -2.00. The van der Waals surface area contributed by atoms with Crippen molar-refractivity contribution >= 4 is 35.0 Å². The molecule has 4 rings (SSSR count). The van der Waals surface area contributed by atoms with E-state index in [2.05, 4.69) is 20.3 Å². The molecular weight excluding hydrogens is 417 g/mol. The van der Waals surface area contributed by atoms with E-state index in [0.29, 0.717) is 38.5 Å². The first-order chi connectivity index (χ1) is 13.7. The van der Waals surface area contributed by atoms with Crippen molar-refractivity contribution in [1.29, 1.82) is 0 Å². The molecule has 0 aliphatic rings. The molecule has 0 aliphatic heterocycles. The van der Waals surface area contributed by atoms with E-state index in [0.717, 1.165) is 17.7 Å². The minimum absolute atomic E-state index is 0.492. The predicted octanol–water partition coefficient (Wildman–Crippen LogP) is 5.48. The number of hydrogen-bond donors (Lipinski definition) is 0. The Labute approximate surface area is 175 Å². The number of rotatable bonds is 6. The summed E-state index contributed by atoms with van der Waals surface area (Å²) >= 11 is 13.9. The van der Waals surface area contributed by atoms with Crippen molar-refractivity contribution < 1.29 is 4.52 Å². The van der Waals surface area contributed by atoms with E-state index < -0.39 is 0 Å². The Bertz CT molecular complexity index is 1100. The molecule has 0 N–H and O–H groups in total. The number of hydrogen-bond acceptors (Lipinski definition) is 6. The standard InChI is InChI=1S/C19H15Cl2N5OS/c1-2-16-22-17(27-25-16)11-28-19-24-23-18(14-9-8-12(20)10-15(14)21)26(19)13-6-4-3-5-7-13/h3-10H,2,11H2,1H3. The number of aryl methyl sites for hydroxylation is 1. The fourth-order valence-electron chi connectivity index (χ4n) is 2.64. The number of para-hydroxylation sites is 1. The molecule has 0 radical (unpaired) electrons. The second kappa shape index (κ2) is 8.34. The molecule has 0 saturated heterocycles. The highest BCUT2D eigenvalue weighted by molar-refractivity contribution is 7.98. The fraction of sp³-hybridized carbons (Fsp3) is 0.158. The largest absolute Gasteiger partial charge is 0.338 e. The number of halogens is 2. The van der Waals surface area contributed by atoms with Crippen LogP contribution in [0.15, 0.2) is 58.2 Å². The van der Waals surface area contributed by atoms with Gasteiger partial charge in [0.1, 0.15) is 0 Å². The maximum atomic E-state index is 6.42. The summed E-state index contributed by atoms with van der Waals surface area (Å²) in [6.07, 6.45) is 0.730. The third-order valence-electron chi connectivity index (χ3n) is 3.97. The molecule has 0 spiro atoms. The third-order valence-corrected chi connectivity index (χ3v) is 5.43. The number of thioether (sulfide) groups is 1. The van der Waals surface area contributed by atoms with Crippen LogP contribution in [0.4, 0.5) is 0 Å². The Hall–Kier alpha value is -2.35. The monoisotopic (exact) mass is 431 g/mol. The summed E-state index contributed by atoms with van der Waals surface area (Å²) in [6, 6.07) is 15.2. The zero-order valence-electron chi connectivity index (χ0n) is 14.8. The van der Waals surface area contributed by atoms with Gasteiger partial charge in [-0.05, 0) is 30.3 Å². The van der Waals surface area contributed by atoms with E-state index >= 15 is 0 Å². The lowest BCUT2D eigenvalue weighted by molar-refractivity contribution is 0.385. The van der Waals surface area contributed by atoms with Gasteiger partial charge in [-0.15, -0.1) is 10.2 Å². The SMILES string of the molecule is CCc1noc(CSc2nnc(-c3ccc(Cl)cc3Cl)n2-c2ccccc2)n1. The molecule has 6 nitrogen and oxygen atoms in total. The molecule has 0 aliphatic carbocycles. The highest BCUT2D eigenvalue weighted by Crippen LogP contribution is 2.34. The second-order valence-electron chi connectivity index (χ2n) is 5.85. The lowest BCUT2D eigenvalue weighted by atomic mass is 10.2. The van der Waals surface area contributed by atoms with Gasteiger partial charge >= 0.3 is 0 Å². The zero-order chi connectivity index (χ0) is 19.5. The summed E-state index contributed by atoms with van der Waals surface area (Å²) in [5, 5.41) is 14.5. The summed E-state index contributed by atoms with van der Waals surface area (Å²) in [6.45, 7) is 1.98. The van der Waals surface area contributed by atoms with Gasteiger partial charge in [0.05, 0.1) is 10.8 Å². The number of nitrogens with zero attached hydrogens (tertiary/aromatic N) is 5. The Morgan fingerprint density at radius 2 is 1.89 bits per heavy atom. The average molecular weight is 432 g/mol. The van der Waals surface area contributed by atoms with Crippen molar-refractivity contribution in [3.8, 4) is 17.1 Å². The number of aromatic nitrogens is 5. The van der Waals surface area contributed by atoms with Crippen LogP contribution in [0.25, 0.3) is 17.1 Å². The predicted molar refractivity (Wildman–Crippen MR) is 110 cm³/mol. The molecule has 142 valence electrons. The molecule has 2 aromatic heterocycles. The van der Waals surface area contributed by atoms with Gasteiger partial charge in [-0.1, -0.05) is 65.2 Å². The van der Waals surface area contributed by atoms with Crippen LogP contribution in [-0.4, -0.2) is 24.9 Å². The Morgan fingerprint density at radius 1 is 1.07 bits per heavy atom. The van der Waals surface area contributed by atoms with Crippen molar-refractivity contribution in [2.24, 2.45) is 0 Å². The Morgan fingerprint density at radius 3 is 2.61 bits per heavy atom. The lowest BCUT2D eigenvalue weighted by Gasteiger charge is -2.11. The van der Waals surface area contributed by atoms with Crippen molar-refractivity contribution in [3.63, 3.8) is 0 Å². The second-order valence-corrected chi connectivity index (χ2v) is 7.63. The van der Waals surface area contributed by atoms with E-state index in [-0.39, 0.29) is 0 Å². The molecule has 0 bridgehead atoms. The molecule has 0 fully saturated rings. The third kappa shape index (κ3) is 3.92. The first-order valence-electron chi connectivity index (χ1n) is 8.56. The van der Waals surface area contributed by atoms with Gasteiger partial charge in [0.25, 0.3) is 0 Å². The minimum Gasteiger partial charge on any atom is -0.338 e. The highest BCUT2D eigenvalue weighted by Gasteiger charge is 2.19. The molecule has 0 amide bonds. The van der Waals surface area contributed by atoms with E-state index in [4.69, 9.17) is 27.7 Å². The highest BCUT2D eigenvalue weighted by atomic mass is 35.5. The maximum absolute atomic E-state index is 6.42. The first kappa shape index (κ1) is 19.0. The smallest absolute Gasteiger partial charge is 0.237 e. The normalized spacial score (nSPS) is 11.1. The average Bonchev–Trinajstić information content (AvgIpc) is 3.34. The summed E-state index contributed by atoms with van der Waals surface area (Å²) in [5.41, 5.74) is 1.68. The molecule has 4 aromatic rings. The molecule has 9 heteroatoms. The van der Waals surface area contributed by atoms with Gasteiger partial charge < -0.3 is 4.52 Å². The van der Waals surface area contributed by atoms with Gasteiger partial charge in [0.2, 0.25) is 5.89 Å². The van der Waals surface area contributed by atoms with Gasteiger partial charge in [-0.3, -0.25) is 4.57 Å². The molecule has 0 atom stereocenters.